The second kappa shape index (κ2) is 8.82. The number of rotatable bonds is 7. The van der Waals surface area contributed by atoms with E-state index in [1.165, 1.54) is 0 Å². The van der Waals surface area contributed by atoms with Gasteiger partial charge in [0.25, 0.3) is 0 Å². The third-order valence-corrected chi connectivity index (χ3v) is 3.25. The first kappa shape index (κ1) is 16.8. The number of aliphatic hydroxyl groups is 1. The minimum atomic E-state index is -0.836. The first-order valence-electron chi connectivity index (χ1n) is 6.78. The summed E-state index contributed by atoms with van der Waals surface area (Å²) < 4.78 is 5.03. The molecular weight excluding hydrogens is 278 g/mol. The van der Waals surface area contributed by atoms with Crippen molar-refractivity contribution in [3.8, 4) is 0 Å². The zero-order valence-corrected chi connectivity index (χ0v) is 12.6. The molecule has 0 saturated heterocycles. The average Bonchev–Trinajstić information content (AvgIpc) is 2.43. The first-order chi connectivity index (χ1) is 9.49. The molecule has 0 aliphatic carbocycles. The minimum absolute atomic E-state index is 0.179. The number of alkyl halides is 1. The number of carbonyl (C=O) groups is 1. The molecule has 20 heavy (non-hydrogen) atoms. The van der Waals surface area contributed by atoms with Gasteiger partial charge in [-0.05, 0) is 24.3 Å². The molecule has 2 atom stereocenters. The van der Waals surface area contributed by atoms with Gasteiger partial charge in [0, 0.05) is 0 Å². The molecule has 0 aliphatic heterocycles. The van der Waals surface area contributed by atoms with Crippen LogP contribution in [0.2, 0.25) is 0 Å². The van der Waals surface area contributed by atoms with Gasteiger partial charge in [-0.2, -0.15) is 0 Å². The molecule has 1 aromatic carbocycles. The lowest BCUT2D eigenvalue weighted by Gasteiger charge is -2.19. The summed E-state index contributed by atoms with van der Waals surface area (Å²) in [6.07, 6.45) is -0.00331. The van der Waals surface area contributed by atoms with E-state index in [-0.39, 0.29) is 6.61 Å². The summed E-state index contributed by atoms with van der Waals surface area (Å²) in [5.74, 6) is 0.485. The average molecular weight is 300 g/mol. The molecule has 0 spiro atoms. The molecule has 4 nitrogen and oxygen atoms in total. The third-order valence-electron chi connectivity index (χ3n) is 2.85. The Morgan fingerprint density at radius 2 is 1.95 bits per heavy atom. The highest BCUT2D eigenvalue weighted by Gasteiger charge is 2.19. The molecule has 1 amide bonds. The lowest BCUT2D eigenvalue weighted by atomic mass is 10.1. The molecule has 5 heteroatoms. The number of alkyl carbamates (subject to hydrolysis) is 1. The standard InChI is InChI=1S/C15H22ClNO3/c1-11(2)8-9-13(18)14(16)17-15(19)20-10-12-6-4-3-5-7-12/h3-7,11,13-14,18H,8-10H2,1-2H3,(H,17,19)/t13-,14?/m0/s1. The maximum atomic E-state index is 11.5. The molecule has 0 heterocycles. The van der Waals surface area contributed by atoms with Gasteiger partial charge in [0.2, 0.25) is 0 Å². The predicted molar refractivity (Wildman–Crippen MR) is 79.5 cm³/mol. The van der Waals surface area contributed by atoms with Crippen LogP contribution in [-0.2, 0) is 11.3 Å². The van der Waals surface area contributed by atoms with Crippen molar-refractivity contribution in [1.29, 1.82) is 0 Å². The highest BCUT2D eigenvalue weighted by molar-refractivity contribution is 6.21. The Kier molecular flexibility index (Phi) is 7.41. The van der Waals surface area contributed by atoms with E-state index in [0.717, 1.165) is 12.0 Å². The van der Waals surface area contributed by atoms with Crippen molar-refractivity contribution in [2.75, 3.05) is 0 Å². The summed E-state index contributed by atoms with van der Waals surface area (Å²) in [7, 11) is 0. The summed E-state index contributed by atoms with van der Waals surface area (Å²) in [4.78, 5) is 11.5. The minimum Gasteiger partial charge on any atom is -0.445 e. The van der Waals surface area contributed by atoms with Gasteiger partial charge in [0.15, 0.2) is 0 Å². The molecule has 0 saturated carbocycles. The molecule has 2 N–H and O–H groups in total. The van der Waals surface area contributed by atoms with Crippen LogP contribution in [0.4, 0.5) is 4.79 Å². The molecule has 0 bridgehead atoms. The van der Waals surface area contributed by atoms with Gasteiger partial charge in [-0.15, -0.1) is 0 Å². The number of hydrogen-bond donors (Lipinski definition) is 2. The lowest BCUT2D eigenvalue weighted by Crippen LogP contribution is -2.39. The number of benzene rings is 1. The second-order valence-corrected chi connectivity index (χ2v) is 5.62. The summed E-state index contributed by atoms with van der Waals surface area (Å²) in [6.45, 7) is 4.31. The Morgan fingerprint density at radius 3 is 2.55 bits per heavy atom. The Morgan fingerprint density at radius 1 is 1.30 bits per heavy atom. The fraction of sp³-hybridized carbons (Fsp3) is 0.533. The van der Waals surface area contributed by atoms with Crippen LogP contribution in [-0.4, -0.2) is 22.8 Å². The van der Waals surface area contributed by atoms with E-state index in [4.69, 9.17) is 16.3 Å². The Balaban J connectivity index is 2.27. The van der Waals surface area contributed by atoms with Crippen LogP contribution < -0.4 is 5.32 Å². The van der Waals surface area contributed by atoms with Gasteiger partial charge in [-0.3, -0.25) is 0 Å². The van der Waals surface area contributed by atoms with E-state index in [1.54, 1.807) is 0 Å². The Bertz CT molecular complexity index is 397. The van der Waals surface area contributed by atoms with Crippen molar-refractivity contribution < 1.29 is 14.6 Å². The summed E-state index contributed by atoms with van der Waals surface area (Å²) in [6, 6.07) is 9.36. The van der Waals surface area contributed by atoms with Gasteiger partial charge in [0.05, 0.1) is 6.10 Å². The number of aliphatic hydroxyl groups excluding tert-OH is 1. The van der Waals surface area contributed by atoms with Crippen LogP contribution in [0.1, 0.15) is 32.3 Å². The number of hydrogen-bond acceptors (Lipinski definition) is 3. The van der Waals surface area contributed by atoms with Crippen molar-refractivity contribution in [2.45, 2.75) is 44.9 Å². The van der Waals surface area contributed by atoms with Crippen molar-refractivity contribution >= 4 is 17.7 Å². The number of carbonyl (C=O) groups excluding carboxylic acids is 1. The topological polar surface area (TPSA) is 58.6 Å². The van der Waals surface area contributed by atoms with Crippen molar-refractivity contribution in [1.82, 2.24) is 5.32 Å². The van der Waals surface area contributed by atoms with Crippen LogP contribution in [0.15, 0.2) is 30.3 Å². The van der Waals surface area contributed by atoms with E-state index < -0.39 is 17.7 Å². The second-order valence-electron chi connectivity index (χ2n) is 5.15. The number of halogens is 1. The van der Waals surface area contributed by atoms with Gasteiger partial charge >= 0.3 is 6.09 Å². The number of nitrogens with one attached hydrogen (secondary N) is 1. The quantitative estimate of drug-likeness (QED) is 0.600. The molecule has 0 fully saturated rings. The van der Waals surface area contributed by atoms with Crippen LogP contribution >= 0.6 is 11.6 Å². The smallest absolute Gasteiger partial charge is 0.408 e. The normalized spacial score (nSPS) is 13.8. The molecule has 0 aliphatic rings. The fourth-order valence-electron chi connectivity index (χ4n) is 1.62. The van der Waals surface area contributed by atoms with Crippen molar-refractivity contribution in [3.05, 3.63) is 35.9 Å². The van der Waals surface area contributed by atoms with Gasteiger partial charge in [-0.1, -0.05) is 55.8 Å². The lowest BCUT2D eigenvalue weighted by molar-refractivity contribution is 0.113. The molecule has 0 radical (unpaired) electrons. The van der Waals surface area contributed by atoms with Gasteiger partial charge in [0.1, 0.15) is 12.1 Å². The van der Waals surface area contributed by atoms with Gasteiger partial charge in [-0.25, -0.2) is 4.79 Å². The summed E-state index contributed by atoms with van der Waals surface area (Å²) in [5, 5.41) is 12.2. The summed E-state index contributed by atoms with van der Waals surface area (Å²) >= 11 is 5.93. The SMILES string of the molecule is CC(C)CC[C@H](O)C(Cl)NC(=O)OCc1ccccc1. The molecular formula is C15H22ClNO3. The number of amides is 1. The van der Waals surface area contributed by atoms with E-state index >= 15 is 0 Å². The molecule has 1 rings (SSSR count). The number of ether oxygens (including phenoxy) is 1. The maximum Gasteiger partial charge on any atom is 0.408 e. The molecule has 1 unspecified atom stereocenters. The van der Waals surface area contributed by atoms with Crippen LogP contribution in [0.5, 0.6) is 0 Å². The Hall–Kier alpha value is -1.26. The monoisotopic (exact) mass is 299 g/mol. The fourth-order valence-corrected chi connectivity index (χ4v) is 1.84. The van der Waals surface area contributed by atoms with Crippen LogP contribution in [0, 0.1) is 5.92 Å². The Labute approximate surface area is 125 Å². The maximum absolute atomic E-state index is 11.5. The first-order valence-corrected chi connectivity index (χ1v) is 7.22. The van der Waals surface area contributed by atoms with Gasteiger partial charge < -0.3 is 15.2 Å². The van der Waals surface area contributed by atoms with E-state index in [2.05, 4.69) is 19.2 Å². The van der Waals surface area contributed by atoms with E-state index in [9.17, 15) is 9.90 Å². The van der Waals surface area contributed by atoms with Crippen LogP contribution in [0.25, 0.3) is 0 Å². The molecule has 112 valence electrons. The zero-order valence-electron chi connectivity index (χ0n) is 11.9. The molecule has 0 aromatic heterocycles. The zero-order chi connectivity index (χ0) is 15.0. The third kappa shape index (κ3) is 6.78. The van der Waals surface area contributed by atoms with Crippen molar-refractivity contribution in [2.24, 2.45) is 5.92 Å². The highest BCUT2D eigenvalue weighted by atomic mass is 35.5. The van der Waals surface area contributed by atoms with E-state index in [1.807, 2.05) is 30.3 Å². The predicted octanol–water partition coefficient (Wildman–Crippen LogP) is 3.27. The van der Waals surface area contributed by atoms with E-state index in [0.29, 0.717) is 12.3 Å². The van der Waals surface area contributed by atoms with Crippen molar-refractivity contribution in [3.63, 3.8) is 0 Å². The summed E-state index contributed by atoms with van der Waals surface area (Å²) in [5.41, 5.74) is 0.0613. The van der Waals surface area contributed by atoms with Crippen LogP contribution in [0.3, 0.4) is 0 Å². The molecule has 1 aromatic rings. The largest absolute Gasteiger partial charge is 0.445 e. The highest BCUT2D eigenvalue weighted by Crippen LogP contribution is 2.12.